The van der Waals surface area contributed by atoms with Gasteiger partial charge in [-0.3, -0.25) is 0 Å². The number of hydrogen-bond donors (Lipinski definition) is 1. The molecular weight excluding hydrogens is 186 g/mol. The zero-order valence-corrected chi connectivity index (χ0v) is 10.1. The molecule has 0 unspecified atom stereocenters. The molecular formula is C12H21N3. The van der Waals surface area contributed by atoms with Gasteiger partial charge in [0.2, 0.25) is 0 Å². The van der Waals surface area contributed by atoms with Gasteiger partial charge in [-0.25, -0.2) is 9.97 Å². The largest absolute Gasteiger partial charge is 0.311 e. The first-order valence-corrected chi connectivity index (χ1v) is 5.62. The van der Waals surface area contributed by atoms with Gasteiger partial charge in [0, 0.05) is 18.7 Å². The molecule has 0 saturated carbocycles. The minimum absolute atomic E-state index is 0.398. The van der Waals surface area contributed by atoms with Gasteiger partial charge >= 0.3 is 0 Å². The van der Waals surface area contributed by atoms with Gasteiger partial charge in [0.05, 0.1) is 5.69 Å². The van der Waals surface area contributed by atoms with Crippen LogP contribution in [0.4, 0.5) is 0 Å². The van der Waals surface area contributed by atoms with Gasteiger partial charge in [-0.1, -0.05) is 27.7 Å². The average Bonchev–Trinajstić information content (AvgIpc) is 2.17. The fourth-order valence-corrected chi connectivity index (χ4v) is 1.28. The fraction of sp³-hybridized carbons (Fsp3) is 0.667. The van der Waals surface area contributed by atoms with Crippen molar-refractivity contribution in [1.82, 2.24) is 15.3 Å². The summed E-state index contributed by atoms with van der Waals surface area (Å²) in [7, 11) is 0. The molecule has 0 amide bonds. The Morgan fingerprint density at radius 3 is 2.60 bits per heavy atom. The molecule has 0 aliphatic carbocycles. The summed E-state index contributed by atoms with van der Waals surface area (Å²) in [6, 6.07) is 1.97. The number of rotatable bonds is 5. The molecule has 84 valence electrons. The van der Waals surface area contributed by atoms with Crippen molar-refractivity contribution in [3.05, 3.63) is 23.8 Å². The van der Waals surface area contributed by atoms with E-state index in [4.69, 9.17) is 0 Å². The Labute approximate surface area is 92.3 Å². The Morgan fingerprint density at radius 2 is 2.00 bits per heavy atom. The smallest absolute Gasteiger partial charge is 0.131 e. The van der Waals surface area contributed by atoms with E-state index in [1.165, 1.54) is 0 Å². The van der Waals surface area contributed by atoms with E-state index < -0.39 is 0 Å². The molecule has 0 bridgehead atoms. The summed E-state index contributed by atoms with van der Waals surface area (Å²) >= 11 is 0. The Hall–Kier alpha value is -0.960. The summed E-state index contributed by atoms with van der Waals surface area (Å²) in [4.78, 5) is 8.74. The molecule has 0 saturated heterocycles. The van der Waals surface area contributed by atoms with Crippen LogP contribution < -0.4 is 5.32 Å². The van der Waals surface area contributed by atoms with Crippen molar-refractivity contribution >= 4 is 0 Å². The third-order valence-electron chi connectivity index (χ3n) is 2.11. The summed E-state index contributed by atoms with van der Waals surface area (Å²) in [5.74, 6) is 2.00. The van der Waals surface area contributed by atoms with Crippen molar-refractivity contribution < 1.29 is 0 Å². The lowest BCUT2D eigenvalue weighted by atomic mass is 10.2. The van der Waals surface area contributed by atoms with Crippen LogP contribution in [0, 0.1) is 5.92 Å². The standard InChI is InChI=1S/C12H21N3/c1-9(2)7-13-8-11-5-6-14-12(15-11)10(3)4/h5-6,9-10,13H,7-8H2,1-4H3. The quantitative estimate of drug-likeness (QED) is 0.805. The van der Waals surface area contributed by atoms with Crippen molar-refractivity contribution in [2.45, 2.75) is 40.2 Å². The van der Waals surface area contributed by atoms with Crippen molar-refractivity contribution in [3.8, 4) is 0 Å². The van der Waals surface area contributed by atoms with E-state index in [1.54, 1.807) is 0 Å². The normalized spacial score (nSPS) is 11.3. The number of nitrogens with one attached hydrogen (secondary N) is 1. The van der Waals surface area contributed by atoms with Crippen molar-refractivity contribution in [2.24, 2.45) is 5.92 Å². The first kappa shape index (κ1) is 12.1. The zero-order valence-electron chi connectivity index (χ0n) is 10.1. The van der Waals surface area contributed by atoms with E-state index in [2.05, 4.69) is 43.0 Å². The molecule has 0 fully saturated rings. The molecule has 0 aliphatic heterocycles. The summed E-state index contributed by atoms with van der Waals surface area (Å²) in [5, 5.41) is 3.38. The van der Waals surface area contributed by atoms with Gasteiger partial charge in [-0.2, -0.15) is 0 Å². The summed E-state index contributed by atoms with van der Waals surface area (Å²) in [5.41, 5.74) is 1.08. The highest BCUT2D eigenvalue weighted by Gasteiger charge is 2.03. The monoisotopic (exact) mass is 207 g/mol. The van der Waals surface area contributed by atoms with E-state index in [0.29, 0.717) is 11.8 Å². The molecule has 0 atom stereocenters. The molecule has 1 aromatic rings. The second-order valence-corrected chi connectivity index (χ2v) is 4.59. The summed E-state index contributed by atoms with van der Waals surface area (Å²) in [6.07, 6.45) is 1.84. The highest BCUT2D eigenvalue weighted by Crippen LogP contribution is 2.07. The number of aromatic nitrogens is 2. The van der Waals surface area contributed by atoms with Crippen LogP contribution >= 0.6 is 0 Å². The molecule has 0 spiro atoms. The maximum absolute atomic E-state index is 4.50. The molecule has 1 aromatic heterocycles. The first-order chi connectivity index (χ1) is 7.09. The SMILES string of the molecule is CC(C)CNCc1ccnc(C(C)C)n1. The highest BCUT2D eigenvalue weighted by atomic mass is 14.9. The average molecular weight is 207 g/mol. The second kappa shape index (κ2) is 5.81. The van der Waals surface area contributed by atoms with E-state index in [-0.39, 0.29) is 0 Å². The van der Waals surface area contributed by atoms with Gasteiger partial charge in [-0.05, 0) is 18.5 Å². The van der Waals surface area contributed by atoms with Crippen molar-refractivity contribution in [3.63, 3.8) is 0 Å². The Bertz CT molecular complexity index is 295. The Kier molecular flexibility index (Phi) is 4.69. The predicted molar refractivity (Wildman–Crippen MR) is 62.7 cm³/mol. The molecule has 3 nitrogen and oxygen atoms in total. The molecule has 15 heavy (non-hydrogen) atoms. The van der Waals surface area contributed by atoms with Crippen LogP contribution in [-0.4, -0.2) is 16.5 Å². The van der Waals surface area contributed by atoms with Crippen molar-refractivity contribution in [2.75, 3.05) is 6.54 Å². The van der Waals surface area contributed by atoms with E-state index in [0.717, 1.165) is 24.6 Å². The van der Waals surface area contributed by atoms with Crippen molar-refractivity contribution in [1.29, 1.82) is 0 Å². The highest BCUT2D eigenvalue weighted by molar-refractivity contribution is 5.04. The summed E-state index contributed by atoms with van der Waals surface area (Å²) < 4.78 is 0. The topological polar surface area (TPSA) is 37.8 Å². The predicted octanol–water partition coefficient (Wildman–Crippen LogP) is 2.35. The van der Waals surface area contributed by atoms with Gasteiger partial charge in [0.25, 0.3) is 0 Å². The molecule has 3 heteroatoms. The molecule has 1 rings (SSSR count). The van der Waals surface area contributed by atoms with Crippen LogP contribution in [0.1, 0.15) is 45.1 Å². The molecule has 0 aliphatic rings. The van der Waals surface area contributed by atoms with E-state index in [9.17, 15) is 0 Å². The van der Waals surface area contributed by atoms with Gasteiger partial charge in [-0.15, -0.1) is 0 Å². The van der Waals surface area contributed by atoms with E-state index >= 15 is 0 Å². The minimum Gasteiger partial charge on any atom is -0.311 e. The molecule has 0 aromatic carbocycles. The second-order valence-electron chi connectivity index (χ2n) is 4.59. The maximum Gasteiger partial charge on any atom is 0.131 e. The van der Waals surface area contributed by atoms with Crippen LogP contribution in [0.15, 0.2) is 12.3 Å². The number of nitrogens with zero attached hydrogens (tertiary/aromatic N) is 2. The molecule has 1 N–H and O–H groups in total. The zero-order chi connectivity index (χ0) is 11.3. The Morgan fingerprint density at radius 1 is 1.27 bits per heavy atom. The van der Waals surface area contributed by atoms with Gasteiger partial charge in [0.1, 0.15) is 5.82 Å². The Balaban J connectivity index is 2.50. The fourth-order valence-electron chi connectivity index (χ4n) is 1.28. The number of hydrogen-bond acceptors (Lipinski definition) is 3. The van der Waals surface area contributed by atoms with Crippen LogP contribution in [0.2, 0.25) is 0 Å². The molecule has 0 radical (unpaired) electrons. The summed E-state index contributed by atoms with van der Waals surface area (Å²) in [6.45, 7) is 10.5. The lowest BCUT2D eigenvalue weighted by Crippen LogP contribution is -2.20. The van der Waals surface area contributed by atoms with E-state index in [1.807, 2.05) is 12.3 Å². The van der Waals surface area contributed by atoms with Crippen LogP contribution in [0.3, 0.4) is 0 Å². The lowest BCUT2D eigenvalue weighted by molar-refractivity contribution is 0.546. The maximum atomic E-state index is 4.50. The van der Waals surface area contributed by atoms with Crippen LogP contribution in [0.5, 0.6) is 0 Å². The van der Waals surface area contributed by atoms with Gasteiger partial charge in [0.15, 0.2) is 0 Å². The molecule has 1 heterocycles. The third-order valence-corrected chi connectivity index (χ3v) is 2.11. The third kappa shape index (κ3) is 4.38. The minimum atomic E-state index is 0.398. The van der Waals surface area contributed by atoms with Gasteiger partial charge < -0.3 is 5.32 Å². The first-order valence-electron chi connectivity index (χ1n) is 5.62. The lowest BCUT2D eigenvalue weighted by Gasteiger charge is -2.08. The van der Waals surface area contributed by atoms with Crippen LogP contribution in [-0.2, 0) is 6.54 Å². The van der Waals surface area contributed by atoms with Crippen LogP contribution in [0.25, 0.3) is 0 Å².